The van der Waals surface area contributed by atoms with Crippen molar-refractivity contribution < 1.29 is 19.5 Å². The first-order valence-corrected chi connectivity index (χ1v) is 16.8. The minimum absolute atomic E-state index is 0.0729. The summed E-state index contributed by atoms with van der Waals surface area (Å²) >= 11 is 0. The molecule has 0 aliphatic heterocycles. The molecule has 2 atom stereocenters. The van der Waals surface area contributed by atoms with Crippen LogP contribution in [-0.2, 0) is 16.0 Å². The molecule has 1 aromatic carbocycles. The fourth-order valence-corrected chi connectivity index (χ4v) is 4.97. The molecular weight excluding hydrogens is 602 g/mol. The Hall–Kier alpha value is -4.34. The average molecular weight is 662 g/mol. The van der Waals surface area contributed by atoms with E-state index in [-0.39, 0.29) is 30.8 Å². The van der Waals surface area contributed by atoms with Gasteiger partial charge >= 0.3 is 5.97 Å². The number of carboxylic acids is 1. The van der Waals surface area contributed by atoms with Crippen molar-refractivity contribution in [1.29, 1.82) is 5.26 Å². The van der Waals surface area contributed by atoms with Gasteiger partial charge in [0.15, 0.2) is 0 Å². The smallest absolute Gasteiger partial charge is 0.311 e. The van der Waals surface area contributed by atoms with Gasteiger partial charge in [-0.2, -0.15) is 5.26 Å². The number of amides is 2. The minimum atomic E-state index is -0.959. The van der Waals surface area contributed by atoms with Crippen LogP contribution in [0.2, 0.25) is 0 Å². The second-order valence-corrected chi connectivity index (χ2v) is 12.1. The number of nitriles is 1. The number of terminal acetylenes is 1. The van der Waals surface area contributed by atoms with Gasteiger partial charge in [0, 0.05) is 77.5 Å². The molecule has 264 valence electrons. The van der Waals surface area contributed by atoms with Crippen LogP contribution in [0.5, 0.6) is 0 Å². The summed E-state index contributed by atoms with van der Waals surface area (Å²) in [4.78, 5) is 43.0. The Morgan fingerprint density at radius 3 is 2.31 bits per heavy atom. The Kier molecular flexibility index (Phi) is 21.7. The van der Waals surface area contributed by atoms with Crippen LogP contribution in [0, 0.1) is 23.7 Å². The maximum absolute atomic E-state index is 12.8. The summed E-state index contributed by atoms with van der Waals surface area (Å²) in [5.41, 5.74) is 5.05. The maximum atomic E-state index is 12.8. The normalized spacial score (nSPS) is 12.4. The molecule has 0 saturated carbocycles. The molecule has 0 aliphatic carbocycles. The molecule has 0 aromatic heterocycles. The van der Waals surface area contributed by atoms with Crippen LogP contribution in [0.25, 0.3) is 0 Å². The Labute approximate surface area is 290 Å². The Bertz CT molecular complexity index is 1350. The van der Waals surface area contributed by atoms with Crippen molar-refractivity contribution in [3.05, 3.63) is 70.5 Å². The number of allylic oxidation sites excluding steroid dienone is 4. The van der Waals surface area contributed by atoms with Gasteiger partial charge < -0.3 is 25.1 Å². The van der Waals surface area contributed by atoms with Gasteiger partial charge in [0.1, 0.15) is 0 Å². The Balaban J connectivity index is 0.0000108. The molecule has 0 spiro atoms. The van der Waals surface area contributed by atoms with Crippen molar-refractivity contribution in [3.8, 4) is 18.4 Å². The molecule has 1 aromatic rings. The predicted octanol–water partition coefficient (Wildman–Crippen LogP) is 6.40. The van der Waals surface area contributed by atoms with Crippen LogP contribution in [-0.4, -0.2) is 92.0 Å². The molecule has 2 unspecified atom stereocenters. The maximum Gasteiger partial charge on any atom is 0.311 e. The highest BCUT2D eigenvalue weighted by Gasteiger charge is 2.26. The molecule has 2 N–H and O–H groups in total. The molecule has 0 radical (unpaired) electrons. The third-order valence-electron chi connectivity index (χ3n) is 8.06. The third-order valence-corrected chi connectivity index (χ3v) is 8.06. The van der Waals surface area contributed by atoms with E-state index in [1.165, 1.54) is 10.5 Å². The molecule has 2 amide bonds. The quantitative estimate of drug-likeness (QED) is 0.0944. The van der Waals surface area contributed by atoms with E-state index in [1.807, 2.05) is 52.8 Å². The van der Waals surface area contributed by atoms with Crippen LogP contribution in [0.3, 0.4) is 0 Å². The summed E-state index contributed by atoms with van der Waals surface area (Å²) in [6.07, 6.45) is 14.6. The first-order chi connectivity index (χ1) is 22.7. The van der Waals surface area contributed by atoms with Crippen molar-refractivity contribution in [2.45, 2.75) is 91.0 Å². The number of nitrogens with zero attached hydrogens (tertiary/aromatic N) is 4. The third kappa shape index (κ3) is 16.0. The summed E-state index contributed by atoms with van der Waals surface area (Å²) in [5, 5.41) is 22.2. The van der Waals surface area contributed by atoms with Gasteiger partial charge in [-0.1, -0.05) is 50.1 Å². The first-order valence-electron chi connectivity index (χ1n) is 16.8. The van der Waals surface area contributed by atoms with E-state index in [9.17, 15) is 19.5 Å². The zero-order chi connectivity index (χ0) is 36.8. The Morgan fingerprint density at radius 1 is 1.10 bits per heavy atom. The SMILES string of the molecule is C#C/C(=C\CC/C(=C\C)CCc1cc(C(=O)N(C)C)ccc1C(CC(C)NCC(=O)N(C)CCCC#N)C(=O)O)CC(=C)N(C)C.CC. The molecule has 48 heavy (non-hydrogen) atoms. The fourth-order valence-electron chi connectivity index (χ4n) is 4.97. The largest absolute Gasteiger partial charge is 0.481 e. The van der Waals surface area contributed by atoms with Crippen LogP contribution in [0.15, 0.2) is 53.8 Å². The summed E-state index contributed by atoms with van der Waals surface area (Å²) < 4.78 is 0. The Morgan fingerprint density at radius 2 is 1.77 bits per heavy atom. The minimum Gasteiger partial charge on any atom is -0.481 e. The number of hydrogen-bond acceptors (Lipinski definition) is 6. The second-order valence-electron chi connectivity index (χ2n) is 12.1. The number of carbonyl (C=O) groups is 3. The van der Waals surface area contributed by atoms with Gasteiger partial charge in [0.2, 0.25) is 5.91 Å². The second kappa shape index (κ2) is 23.9. The molecule has 1 rings (SSSR count). The number of hydrogen-bond donors (Lipinski definition) is 2. The summed E-state index contributed by atoms with van der Waals surface area (Å²) in [7, 11) is 8.96. The van der Waals surface area contributed by atoms with Gasteiger partial charge in [-0.05, 0) is 75.6 Å². The standard InChI is InChI=1S/C37H53N5O4.C2H6/c1-10-29(15-14-16-30(11-2)24-28(4)40(5)6)17-18-31-25-32(36(44)41(7)8)19-20-33(31)34(37(45)46)23-27(3)39-26-35(43)42(9)22-13-12-21-38;1-2/h2,10,16,19-20,25,27,34,39H,4,12-15,17-18,22-24,26H2,1,3,5-9H3,(H,45,46);1-2H3/b29-10+,30-16+;. The number of carbonyl (C=O) groups excluding carboxylic acids is 2. The molecule has 9 nitrogen and oxygen atoms in total. The number of nitrogens with one attached hydrogen (secondary N) is 1. The van der Waals surface area contributed by atoms with E-state index < -0.39 is 11.9 Å². The summed E-state index contributed by atoms with van der Waals surface area (Å²) in [5.74, 6) is 0.713. The molecule has 9 heteroatoms. The van der Waals surface area contributed by atoms with Gasteiger partial charge in [-0.15, -0.1) is 6.42 Å². The number of likely N-dealkylation sites (N-methyl/N-ethyl adjacent to an activating group) is 1. The van der Waals surface area contributed by atoms with Crippen LogP contribution < -0.4 is 5.32 Å². The molecule has 0 aliphatic rings. The van der Waals surface area contributed by atoms with Gasteiger partial charge in [0.25, 0.3) is 5.91 Å². The molecular formula is C39H59N5O4. The highest BCUT2D eigenvalue weighted by atomic mass is 16.4. The molecule has 0 saturated heterocycles. The predicted molar refractivity (Wildman–Crippen MR) is 196 cm³/mol. The number of rotatable bonds is 20. The zero-order valence-electron chi connectivity index (χ0n) is 30.9. The van der Waals surface area contributed by atoms with E-state index in [4.69, 9.17) is 11.7 Å². The van der Waals surface area contributed by atoms with Crippen molar-refractivity contribution in [2.75, 3.05) is 48.3 Å². The highest BCUT2D eigenvalue weighted by molar-refractivity contribution is 5.94. The van der Waals surface area contributed by atoms with E-state index in [0.29, 0.717) is 49.8 Å². The number of benzene rings is 1. The van der Waals surface area contributed by atoms with Gasteiger partial charge in [-0.3, -0.25) is 14.4 Å². The van der Waals surface area contributed by atoms with Gasteiger partial charge in [0.05, 0.1) is 18.5 Å². The van der Waals surface area contributed by atoms with Crippen molar-refractivity contribution in [1.82, 2.24) is 20.0 Å². The lowest BCUT2D eigenvalue weighted by Gasteiger charge is -2.23. The highest BCUT2D eigenvalue weighted by Crippen LogP contribution is 2.29. The van der Waals surface area contributed by atoms with E-state index >= 15 is 0 Å². The molecule has 0 heterocycles. The fraction of sp³-hybridized carbons (Fsp3) is 0.538. The van der Waals surface area contributed by atoms with Crippen LogP contribution in [0.1, 0.15) is 100 Å². The number of aliphatic carboxylic acids is 1. The average Bonchev–Trinajstić information content (AvgIpc) is 3.07. The summed E-state index contributed by atoms with van der Waals surface area (Å²) in [6.45, 7) is 12.5. The summed E-state index contributed by atoms with van der Waals surface area (Å²) in [6, 6.07) is 7.09. The first kappa shape index (κ1) is 43.7. The van der Waals surface area contributed by atoms with Crippen molar-refractivity contribution in [3.63, 3.8) is 0 Å². The molecule has 0 fully saturated rings. The van der Waals surface area contributed by atoms with E-state index in [0.717, 1.165) is 29.7 Å². The van der Waals surface area contributed by atoms with Gasteiger partial charge in [-0.25, -0.2) is 0 Å². The lowest BCUT2D eigenvalue weighted by Crippen LogP contribution is -2.40. The van der Waals surface area contributed by atoms with Crippen LogP contribution in [0.4, 0.5) is 0 Å². The van der Waals surface area contributed by atoms with Crippen molar-refractivity contribution >= 4 is 17.8 Å². The lowest BCUT2D eigenvalue weighted by atomic mass is 9.85. The monoisotopic (exact) mass is 661 g/mol. The topological polar surface area (TPSA) is 117 Å². The van der Waals surface area contributed by atoms with E-state index in [2.05, 4.69) is 36.0 Å². The van der Waals surface area contributed by atoms with Crippen molar-refractivity contribution in [2.24, 2.45) is 0 Å². The number of aryl methyl sites for hydroxylation is 1. The van der Waals surface area contributed by atoms with Crippen LogP contribution >= 0.6 is 0 Å². The number of unbranched alkanes of at least 4 members (excludes halogenated alkanes) is 1. The zero-order valence-corrected chi connectivity index (χ0v) is 30.9. The molecule has 0 bridgehead atoms. The van der Waals surface area contributed by atoms with E-state index in [1.54, 1.807) is 38.2 Å². The lowest BCUT2D eigenvalue weighted by molar-refractivity contribution is -0.139. The number of carboxylic acid groups (broad SMARTS) is 1.